The largest absolute Gasteiger partial charge is 0.345 e. The molecule has 0 radical (unpaired) electrons. The number of nitrogens with one attached hydrogen (secondary N) is 2. The van der Waals surface area contributed by atoms with Gasteiger partial charge in [0, 0.05) is 18.2 Å². The number of hydrogen-bond donors (Lipinski definition) is 2. The SMILES string of the molecule is O=S(=O)(N[C@@H]1CC[C@@H](c2nnc3cnc4[nH]ccc4n23)C1)C1CC1. The summed E-state index contributed by atoms with van der Waals surface area (Å²) in [4.78, 5) is 7.43. The van der Waals surface area contributed by atoms with Gasteiger partial charge >= 0.3 is 0 Å². The van der Waals surface area contributed by atoms with Gasteiger partial charge in [0.1, 0.15) is 5.82 Å². The quantitative estimate of drug-likeness (QED) is 0.741. The normalized spacial score (nSPS) is 25.0. The first kappa shape index (κ1) is 14.4. The van der Waals surface area contributed by atoms with Crippen molar-refractivity contribution in [2.24, 2.45) is 0 Å². The number of rotatable bonds is 4. The highest BCUT2D eigenvalue weighted by molar-refractivity contribution is 7.90. The zero-order valence-electron chi connectivity index (χ0n) is 13.0. The van der Waals surface area contributed by atoms with E-state index in [1.54, 1.807) is 6.20 Å². The molecule has 0 aliphatic heterocycles. The van der Waals surface area contributed by atoms with Crippen LogP contribution in [0.4, 0.5) is 0 Å². The van der Waals surface area contributed by atoms with E-state index in [4.69, 9.17) is 0 Å². The Bertz CT molecular complexity index is 1020. The monoisotopic (exact) mass is 346 g/mol. The third-order valence-corrected chi connectivity index (χ3v) is 7.07. The lowest BCUT2D eigenvalue weighted by Gasteiger charge is -2.13. The van der Waals surface area contributed by atoms with Crippen molar-refractivity contribution in [3.63, 3.8) is 0 Å². The van der Waals surface area contributed by atoms with E-state index < -0.39 is 10.0 Å². The molecule has 2 N–H and O–H groups in total. The van der Waals surface area contributed by atoms with Gasteiger partial charge in [0.15, 0.2) is 11.3 Å². The Morgan fingerprint density at radius 1 is 1.21 bits per heavy atom. The molecule has 8 nitrogen and oxygen atoms in total. The molecule has 3 aromatic rings. The first-order valence-corrected chi connectivity index (χ1v) is 9.85. The number of fused-ring (bicyclic) bond motifs is 3. The zero-order chi connectivity index (χ0) is 16.3. The molecule has 5 rings (SSSR count). The summed E-state index contributed by atoms with van der Waals surface area (Å²) in [5, 5.41) is 8.43. The van der Waals surface area contributed by atoms with Crippen LogP contribution in [-0.2, 0) is 10.0 Å². The van der Waals surface area contributed by atoms with Gasteiger partial charge in [0.2, 0.25) is 10.0 Å². The number of sulfonamides is 1. The molecule has 2 aliphatic carbocycles. The van der Waals surface area contributed by atoms with E-state index in [2.05, 4.69) is 24.9 Å². The van der Waals surface area contributed by atoms with E-state index in [9.17, 15) is 8.42 Å². The molecule has 0 amide bonds. The average molecular weight is 346 g/mol. The highest BCUT2D eigenvalue weighted by Gasteiger charge is 2.39. The fraction of sp³-hybridized carbons (Fsp3) is 0.533. The second-order valence-corrected chi connectivity index (χ2v) is 8.78. The van der Waals surface area contributed by atoms with E-state index in [0.717, 1.165) is 54.7 Å². The highest BCUT2D eigenvalue weighted by Crippen LogP contribution is 2.36. The molecular formula is C15H18N6O2S. The maximum atomic E-state index is 12.1. The predicted molar refractivity (Wildman–Crippen MR) is 88.1 cm³/mol. The van der Waals surface area contributed by atoms with Crippen LogP contribution in [0.1, 0.15) is 43.8 Å². The van der Waals surface area contributed by atoms with Crippen molar-refractivity contribution < 1.29 is 8.42 Å². The molecule has 3 aromatic heterocycles. The van der Waals surface area contributed by atoms with Crippen molar-refractivity contribution in [1.82, 2.24) is 29.3 Å². The summed E-state index contributed by atoms with van der Waals surface area (Å²) in [6.45, 7) is 0. The minimum atomic E-state index is -3.14. The lowest BCUT2D eigenvalue weighted by atomic mass is 10.1. The standard InChI is InChI=1S/C15H18N6O2S/c22-24(23,11-3-4-11)20-10-2-1-9(7-10)15-19-18-13-8-17-14-12(21(13)15)5-6-16-14/h5-6,8-11,16,20H,1-4,7H2/t9-,10-/m1/s1. The molecule has 24 heavy (non-hydrogen) atoms. The fourth-order valence-electron chi connectivity index (χ4n) is 3.69. The van der Waals surface area contributed by atoms with Gasteiger partial charge in [0.05, 0.1) is 17.0 Å². The van der Waals surface area contributed by atoms with Gasteiger partial charge in [-0.3, -0.25) is 4.40 Å². The first-order chi connectivity index (χ1) is 11.6. The average Bonchev–Trinajstić information content (AvgIpc) is 2.96. The minimum Gasteiger partial charge on any atom is -0.345 e. The molecule has 0 saturated heterocycles. The zero-order valence-corrected chi connectivity index (χ0v) is 13.8. The van der Waals surface area contributed by atoms with Crippen LogP contribution in [0.2, 0.25) is 0 Å². The summed E-state index contributed by atoms with van der Waals surface area (Å²) >= 11 is 0. The van der Waals surface area contributed by atoms with E-state index >= 15 is 0 Å². The predicted octanol–water partition coefficient (Wildman–Crippen LogP) is 1.32. The van der Waals surface area contributed by atoms with Crippen molar-refractivity contribution in [2.75, 3.05) is 0 Å². The van der Waals surface area contributed by atoms with E-state index in [1.165, 1.54) is 0 Å². The molecule has 2 fully saturated rings. The topological polar surface area (TPSA) is 105 Å². The van der Waals surface area contributed by atoms with Crippen LogP contribution in [-0.4, -0.2) is 44.3 Å². The molecule has 0 bridgehead atoms. The third-order valence-electron chi connectivity index (χ3n) is 5.06. The molecule has 2 atom stereocenters. The number of nitrogens with zero attached hydrogens (tertiary/aromatic N) is 4. The lowest BCUT2D eigenvalue weighted by Crippen LogP contribution is -2.35. The summed E-state index contributed by atoms with van der Waals surface area (Å²) in [6.07, 6.45) is 7.65. The second-order valence-electron chi connectivity index (χ2n) is 6.79. The van der Waals surface area contributed by atoms with Gasteiger partial charge in [-0.05, 0) is 38.2 Å². The number of H-pyrrole nitrogens is 1. The summed E-state index contributed by atoms with van der Waals surface area (Å²) in [6, 6.07) is 1.96. The van der Waals surface area contributed by atoms with Gasteiger partial charge in [-0.2, -0.15) is 0 Å². The fourth-order valence-corrected chi connectivity index (χ4v) is 5.32. The summed E-state index contributed by atoms with van der Waals surface area (Å²) in [5.41, 5.74) is 2.47. The first-order valence-electron chi connectivity index (χ1n) is 8.30. The number of aromatic nitrogens is 5. The van der Waals surface area contributed by atoms with Gasteiger partial charge in [-0.25, -0.2) is 18.1 Å². The van der Waals surface area contributed by atoms with Gasteiger partial charge in [-0.15, -0.1) is 10.2 Å². The van der Waals surface area contributed by atoms with E-state index in [-0.39, 0.29) is 17.2 Å². The van der Waals surface area contributed by atoms with Crippen molar-refractivity contribution in [1.29, 1.82) is 0 Å². The van der Waals surface area contributed by atoms with Crippen LogP contribution in [0.5, 0.6) is 0 Å². The van der Waals surface area contributed by atoms with Crippen LogP contribution in [0.3, 0.4) is 0 Å². The van der Waals surface area contributed by atoms with Crippen LogP contribution in [0.25, 0.3) is 16.8 Å². The Kier molecular flexibility index (Phi) is 2.99. The summed E-state index contributed by atoms with van der Waals surface area (Å²) in [5.74, 6) is 1.09. The van der Waals surface area contributed by atoms with Crippen LogP contribution in [0.15, 0.2) is 18.5 Å². The number of aromatic amines is 1. The Hall–Kier alpha value is -2.00. The van der Waals surface area contributed by atoms with Crippen LogP contribution < -0.4 is 4.72 Å². The Morgan fingerprint density at radius 2 is 2.08 bits per heavy atom. The molecular weight excluding hydrogens is 328 g/mol. The molecule has 9 heteroatoms. The van der Waals surface area contributed by atoms with Crippen molar-refractivity contribution in [3.8, 4) is 0 Å². The molecule has 126 valence electrons. The van der Waals surface area contributed by atoms with Crippen molar-refractivity contribution in [2.45, 2.75) is 49.3 Å². The molecule has 0 unspecified atom stereocenters. The molecule has 0 spiro atoms. The van der Waals surface area contributed by atoms with E-state index in [1.807, 2.05) is 16.7 Å². The number of hydrogen-bond acceptors (Lipinski definition) is 5. The van der Waals surface area contributed by atoms with Crippen molar-refractivity contribution in [3.05, 3.63) is 24.3 Å². The third kappa shape index (κ3) is 2.22. The Morgan fingerprint density at radius 3 is 2.92 bits per heavy atom. The Labute approximate surface area is 138 Å². The molecule has 2 saturated carbocycles. The Balaban J connectivity index is 1.45. The molecule has 3 heterocycles. The lowest BCUT2D eigenvalue weighted by molar-refractivity contribution is 0.545. The molecule has 0 aromatic carbocycles. The van der Waals surface area contributed by atoms with Crippen LogP contribution >= 0.6 is 0 Å². The molecule has 2 aliphatic rings. The highest BCUT2D eigenvalue weighted by atomic mass is 32.2. The van der Waals surface area contributed by atoms with E-state index in [0.29, 0.717) is 0 Å². The minimum absolute atomic E-state index is 0.00324. The summed E-state index contributed by atoms with van der Waals surface area (Å²) in [7, 11) is -3.14. The summed E-state index contributed by atoms with van der Waals surface area (Å²) < 4.78 is 29.2. The van der Waals surface area contributed by atoms with Crippen molar-refractivity contribution >= 4 is 26.8 Å². The smallest absolute Gasteiger partial charge is 0.214 e. The maximum Gasteiger partial charge on any atom is 0.214 e. The van der Waals surface area contributed by atoms with Gasteiger partial charge in [-0.1, -0.05) is 0 Å². The van der Waals surface area contributed by atoms with Gasteiger partial charge in [0.25, 0.3) is 0 Å². The maximum absolute atomic E-state index is 12.1. The van der Waals surface area contributed by atoms with Gasteiger partial charge < -0.3 is 4.98 Å². The second kappa shape index (κ2) is 5.00. The van der Waals surface area contributed by atoms with Crippen LogP contribution in [0, 0.1) is 0 Å².